The molecule has 8 heteroatoms. The molecule has 1 heterocycles. The Morgan fingerprint density at radius 2 is 2.28 bits per heavy atom. The van der Waals surface area contributed by atoms with E-state index in [2.05, 4.69) is 21.0 Å². The van der Waals surface area contributed by atoms with E-state index in [0.29, 0.717) is 10.0 Å². The Balaban J connectivity index is 2.32. The zero-order chi connectivity index (χ0) is 13.3. The minimum atomic E-state index is -0.628. The van der Waals surface area contributed by atoms with E-state index in [1.165, 1.54) is 10.7 Å². The smallest absolute Gasteiger partial charge is 0.330 e. The zero-order valence-corrected chi connectivity index (χ0v) is 10.6. The number of hydrogen-bond donors (Lipinski definition) is 1. The lowest BCUT2D eigenvalue weighted by molar-refractivity contribution is -0.384. The number of nitro groups is 1. The van der Waals surface area contributed by atoms with Crippen LogP contribution in [0.15, 0.2) is 28.9 Å². The fourth-order valence-electron chi connectivity index (χ4n) is 1.46. The first-order valence-corrected chi connectivity index (χ1v) is 5.68. The molecule has 0 saturated heterocycles. The molecule has 0 bridgehead atoms. The number of rotatable bonds is 3. The quantitative estimate of drug-likeness (QED) is 0.695. The highest BCUT2D eigenvalue weighted by molar-refractivity contribution is 9.10. The summed E-state index contributed by atoms with van der Waals surface area (Å²) >= 11 is 3.14. The molecule has 0 saturated carbocycles. The van der Waals surface area contributed by atoms with Gasteiger partial charge in [-0.15, -0.1) is 0 Å². The molecule has 0 fully saturated rings. The Morgan fingerprint density at radius 1 is 1.56 bits per heavy atom. The summed E-state index contributed by atoms with van der Waals surface area (Å²) in [6.07, 6.45) is 1.05. The van der Waals surface area contributed by atoms with E-state index in [1.54, 1.807) is 12.1 Å². The van der Waals surface area contributed by atoms with Gasteiger partial charge in [-0.25, -0.2) is 9.07 Å². The van der Waals surface area contributed by atoms with Crippen molar-refractivity contribution in [1.29, 1.82) is 0 Å². The number of nitrogen functional groups attached to an aromatic ring is 1. The summed E-state index contributed by atoms with van der Waals surface area (Å²) in [6, 6.07) is 4.54. The third kappa shape index (κ3) is 2.33. The molecule has 94 valence electrons. The standard InChI is InChI=1S/C10H8BrFN4O2/c11-7-2-1-6(8(12)3-7)5-15-10(13)9(4-14-15)16(17)18/h1-4H,5,13H2. The third-order valence-corrected chi connectivity index (χ3v) is 2.89. The molecule has 0 atom stereocenters. The average Bonchev–Trinajstić information content (AvgIpc) is 2.64. The topological polar surface area (TPSA) is 87.0 Å². The predicted molar refractivity (Wildman–Crippen MR) is 66.5 cm³/mol. The second kappa shape index (κ2) is 4.73. The lowest BCUT2D eigenvalue weighted by Crippen LogP contribution is -2.08. The van der Waals surface area contributed by atoms with Crippen LogP contribution in [0.4, 0.5) is 15.9 Å². The number of benzene rings is 1. The normalized spacial score (nSPS) is 10.6. The number of halogens is 2. The van der Waals surface area contributed by atoms with Gasteiger partial charge in [0.1, 0.15) is 12.0 Å². The van der Waals surface area contributed by atoms with Crippen LogP contribution < -0.4 is 5.73 Å². The first kappa shape index (κ1) is 12.5. The third-order valence-electron chi connectivity index (χ3n) is 2.39. The summed E-state index contributed by atoms with van der Waals surface area (Å²) in [5.74, 6) is -0.524. The van der Waals surface area contributed by atoms with Crippen molar-refractivity contribution < 1.29 is 9.31 Å². The van der Waals surface area contributed by atoms with E-state index in [0.717, 1.165) is 6.20 Å². The molecular formula is C10H8BrFN4O2. The summed E-state index contributed by atoms with van der Waals surface area (Å²) < 4.78 is 15.4. The van der Waals surface area contributed by atoms with E-state index < -0.39 is 10.7 Å². The van der Waals surface area contributed by atoms with Crippen LogP contribution in [0.25, 0.3) is 0 Å². The Labute approximate surface area is 109 Å². The van der Waals surface area contributed by atoms with Gasteiger partial charge >= 0.3 is 5.69 Å². The van der Waals surface area contributed by atoms with Crippen LogP contribution in [0.1, 0.15) is 5.56 Å². The van der Waals surface area contributed by atoms with Crippen LogP contribution >= 0.6 is 15.9 Å². The van der Waals surface area contributed by atoms with E-state index in [-0.39, 0.29) is 18.1 Å². The summed E-state index contributed by atoms with van der Waals surface area (Å²) in [7, 11) is 0. The second-order valence-corrected chi connectivity index (χ2v) is 4.48. The monoisotopic (exact) mass is 314 g/mol. The maximum Gasteiger partial charge on any atom is 0.330 e. The summed E-state index contributed by atoms with van der Waals surface area (Å²) in [4.78, 5) is 9.96. The SMILES string of the molecule is Nc1c([N+](=O)[O-])cnn1Cc1ccc(Br)cc1F. The van der Waals surface area contributed by atoms with Crippen molar-refractivity contribution >= 4 is 27.4 Å². The first-order chi connectivity index (χ1) is 8.49. The van der Waals surface area contributed by atoms with Crippen molar-refractivity contribution in [3.8, 4) is 0 Å². The maximum atomic E-state index is 13.6. The Bertz CT molecular complexity index is 614. The molecule has 0 unspecified atom stereocenters. The maximum absolute atomic E-state index is 13.6. The molecule has 0 aliphatic rings. The molecule has 0 radical (unpaired) electrons. The fraction of sp³-hybridized carbons (Fsp3) is 0.100. The predicted octanol–water partition coefficient (Wildman–Crippen LogP) is 2.32. The lowest BCUT2D eigenvalue weighted by Gasteiger charge is -2.05. The number of aromatic nitrogens is 2. The molecule has 2 N–H and O–H groups in total. The van der Waals surface area contributed by atoms with Crippen molar-refractivity contribution in [2.24, 2.45) is 0 Å². The van der Waals surface area contributed by atoms with Crippen molar-refractivity contribution in [2.75, 3.05) is 5.73 Å². The van der Waals surface area contributed by atoms with Gasteiger partial charge in [0.15, 0.2) is 0 Å². The van der Waals surface area contributed by atoms with Gasteiger partial charge in [-0.1, -0.05) is 22.0 Å². The molecule has 6 nitrogen and oxygen atoms in total. The number of hydrogen-bond acceptors (Lipinski definition) is 4. The highest BCUT2D eigenvalue weighted by Gasteiger charge is 2.18. The molecule has 1 aromatic carbocycles. The summed E-state index contributed by atoms with van der Waals surface area (Å²) in [5, 5.41) is 14.4. The van der Waals surface area contributed by atoms with Gasteiger partial charge in [0.05, 0.1) is 11.5 Å². The van der Waals surface area contributed by atoms with Crippen LogP contribution in [0.2, 0.25) is 0 Å². The zero-order valence-electron chi connectivity index (χ0n) is 9.01. The van der Waals surface area contributed by atoms with E-state index in [9.17, 15) is 14.5 Å². The van der Waals surface area contributed by atoms with Gasteiger partial charge < -0.3 is 5.73 Å². The number of nitrogens with two attached hydrogens (primary N) is 1. The number of nitrogens with zero attached hydrogens (tertiary/aromatic N) is 3. The number of anilines is 1. The minimum absolute atomic E-state index is 0.0405. The highest BCUT2D eigenvalue weighted by Crippen LogP contribution is 2.22. The summed E-state index contributed by atoms with van der Waals surface area (Å²) in [6.45, 7) is 0.0405. The second-order valence-electron chi connectivity index (χ2n) is 3.57. The van der Waals surface area contributed by atoms with Crippen LogP contribution in [-0.4, -0.2) is 14.7 Å². The highest BCUT2D eigenvalue weighted by atomic mass is 79.9. The molecule has 2 rings (SSSR count). The minimum Gasteiger partial charge on any atom is -0.378 e. The van der Waals surface area contributed by atoms with Crippen molar-refractivity contribution in [3.63, 3.8) is 0 Å². The molecule has 0 amide bonds. The lowest BCUT2D eigenvalue weighted by atomic mass is 10.2. The van der Waals surface area contributed by atoms with Crippen LogP contribution in [0, 0.1) is 15.9 Å². The van der Waals surface area contributed by atoms with Crippen LogP contribution in [-0.2, 0) is 6.54 Å². The van der Waals surface area contributed by atoms with Crippen molar-refractivity contribution in [1.82, 2.24) is 9.78 Å². The van der Waals surface area contributed by atoms with Gasteiger partial charge in [-0.2, -0.15) is 5.10 Å². The molecule has 18 heavy (non-hydrogen) atoms. The Kier molecular flexibility index (Phi) is 3.28. The largest absolute Gasteiger partial charge is 0.378 e. The van der Waals surface area contributed by atoms with Crippen molar-refractivity contribution in [3.05, 3.63) is 50.4 Å². The Hall–Kier alpha value is -1.96. The van der Waals surface area contributed by atoms with E-state index in [4.69, 9.17) is 5.73 Å². The summed E-state index contributed by atoms with van der Waals surface area (Å²) in [5.41, 5.74) is 5.62. The molecule has 1 aromatic heterocycles. The van der Waals surface area contributed by atoms with Gasteiger partial charge in [-0.05, 0) is 12.1 Å². The van der Waals surface area contributed by atoms with Crippen LogP contribution in [0.3, 0.4) is 0 Å². The van der Waals surface area contributed by atoms with E-state index >= 15 is 0 Å². The average molecular weight is 315 g/mol. The molecule has 0 aliphatic carbocycles. The molecule has 2 aromatic rings. The van der Waals surface area contributed by atoms with Crippen molar-refractivity contribution in [2.45, 2.75) is 6.54 Å². The first-order valence-electron chi connectivity index (χ1n) is 4.88. The van der Waals surface area contributed by atoms with Gasteiger partial charge in [-0.3, -0.25) is 10.1 Å². The molecular weight excluding hydrogens is 307 g/mol. The van der Waals surface area contributed by atoms with Crippen LogP contribution in [0.5, 0.6) is 0 Å². The molecule has 0 aliphatic heterocycles. The fourth-order valence-corrected chi connectivity index (χ4v) is 1.80. The van der Waals surface area contributed by atoms with E-state index in [1.807, 2.05) is 0 Å². The molecule has 0 spiro atoms. The van der Waals surface area contributed by atoms with Gasteiger partial charge in [0.25, 0.3) is 0 Å². The van der Waals surface area contributed by atoms with Gasteiger partial charge in [0, 0.05) is 10.0 Å². The van der Waals surface area contributed by atoms with Gasteiger partial charge in [0.2, 0.25) is 5.82 Å². The Morgan fingerprint density at radius 3 is 2.83 bits per heavy atom.